The van der Waals surface area contributed by atoms with E-state index in [9.17, 15) is 13.2 Å². The van der Waals surface area contributed by atoms with Gasteiger partial charge in [0, 0.05) is 20.6 Å². The second-order valence-electron chi connectivity index (χ2n) is 4.87. The number of piperidine rings is 1. The lowest BCUT2D eigenvalue weighted by Gasteiger charge is -2.32. The minimum atomic E-state index is -4.08. The molecule has 1 rings (SSSR count). The van der Waals surface area contributed by atoms with Gasteiger partial charge in [0.1, 0.15) is 0 Å². The monoisotopic (exact) mass is 408 g/mol. The van der Waals surface area contributed by atoms with Crippen LogP contribution in [0.2, 0.25) is 0 Å². The average molecular weight is 408 g/mol. The van der Waals surface area contributed by atoms with Crippen molar-refractivity contribution >= 4 is 29.9 Å². The Kier molecular flexibility index (Phi) is 9.52. The van der Waals surface area contributed by atoms with E-state index in [1.165, 1.54) is 4.90 Å². The number of likely N-dealkylation sites (tertiary alicyclic amines) is 1. The van der Waals surface area contributed by atoms with Gasteiger partial charge in [-0.2, -0.15) is 13.2 Å². The lowest BCUT2D eigenvalue weighted by atomic mass is 9.93. The summed E-state index contributed by atoms with van der Waals surface area (Å²) < 4.78 is 36.7. The molecule has 0 atom stereocenters. The number of alkyl halides is 3. The molecule has 20 heavy (non-hydrogen) atoms. The van der Waals surface area contributed by atoms with Crippen molar-refractivity contribution in [3.8, 4) is 0 Å². The summed E-state index contributed by atoms with van der Waals surface area (Å²) in [4.78, 5) is 5.50. The van der Waals surface area contributed by atoms with Gasteiger partial charge in [0.15, 0.2) is 5.96 Å². The van der Waals surface area contributed by atoms with E-state index in [4.69, 9.17) is 0 Å². The molecule has 8 heteroatoms. The Labute approximate surface area is 135 Å². The molecule has 0 aliphatic carbocycles. The van der Waals surface area contributed by atoms with Crippen LogP contribution in [0.5, 0.6) is 0 Å². The zero-order valence-corrected chi connectivity index (χ0v) is 14.3. The fourth-order valence-corrected chi connectivity index (χ4v) is 2.36. The van der Waals surface area contributed by atoms with Gasteiger partial charge < -0.3 is 10.6 Å². The Morgan fingerprint density at radius 3 is 2.35 bits per heavy atom. The zero-order valence-electron chi connectivity index (χ0n) is 12.0. The van der Waals surface area contributed by atoms with Crippen LogP contribution in [0.4, 0.5) is 13.2 Å². The molecule has 0 amide bonds. The Morgan fingerprint density at radius 1 is 1.30 bits per heavy atom. The number of hydrogen-bond donors (Lipinski definition) is 2. The molecule has 0 unspecified atom stereocenters. The first-order valence-electron chi connectivity index (χ1n) is 6.62. The maximum atomic E-state index is 12.2. The van der Waals surface area contributed by atoms with Gasteiger partial charge >= 0.3 is 6.18 Å². The largest absolute Gasteiger partial charge is 0.401 e. The van der Waals surface area contributed by atoms with Gasteiger partial charge in [0.25, 0.3) is 0 Å². The molecule has 1 aliphatic heterocycles. The van der Waals surface area contributed by atoms with Crippen LogP contribution in [-0.4, -0.2) is 57.3 Å². The number of guanidine groups is 1. The molecule has 0 aromatic heterocycles. The van der Waals surface area contributed by atoms with Crippen LogP contribution in [0, 0.1) is 5.92 Å². The molecular formula is C12H24F3IN4. The van der Waals surface area contributed by atoms with E-state index in [1.54, 1.807) is 14.1 Å². The standard InChI is InChI=1S/C12H23F3N4.HI/c1-16-11(17-2)18-6-3-10-4-7-19(8-5-10)9-12(13,14)15;/h10H,3-9H2,1-2H3,(H2,16,17,18);1H. The van der Waals surface area contributed by atoms with Crippen LogP contribution in [-0.2, 0) is 0 Å². The fraction of sp³-hybridized carbons (Fsp3) is 0.917. The molecule has 0 aromatic carbocycles. The van der Waals surface area contributed by atoms with E-state index in [0.717, 1.165) is 31.8 Å². The molecule has 1 fully saturated rings. The topological polar surface area (TPSA) is 39.7 Å². The summed E-state index contributed by atoms with van der Waals surface area (Å²) in [5, 5.41) is 6.09. The maximum absolute atomic E-state index is 12.2. The predicted molar refractivity (Wildman–Crippen MR) is 85.7 cm³/mol. The van der Waals surface area contributed by atoms with Crippen molar-refractivity contribution in [2.75, 3.05) is 40.3 Å². The summed E-state index contributed by atoms with van der Waals surface area (Å²) in [6.07, 6.45) is -1.42. The van der Waals surface area contributed by atoms with E-state index < -0.39 is 12.7 Å². The molecular weight excluding hydrogens is 384 g/mol. The number of aliphatic imine (C=N–C) groups is 1. The highest BCUT2D eigenvalue weighted by Gasteiger charge is 2.32. The Bertz CT molecular complexity index is 289. The maximum Gasteiger partial charge on any atom is 0.401 e. The summed E-state index contributed by atoms with van der Waals surface area (Å²) in [5.41, 5.74) is 0. The molecule has 0 saturated carbocycles. The van der Waals surface area contributed by atoms with Gasteiger partial charge in [-0.1, -0.05) is 0 Å². The van der Waals surface area contributed by atoms with Gasteiger partial charge in [0.2, 0.25) is 0 Å². The number of rotatable bonds is 4. The van der Waals surface area contributed by atoms with Gasteiger partial charge in [0.05, 0.1) is 6.54 Å². The first kappa shape index (κ1) is 19.8. The lowest BCUT2D eigenvalue weighted by molar-refractivity contribution is -0.148. The molecule has 1 saturated heterocycles. The molecule has 0 aromatic rings. The van der Waals surface area contributed by atoms with Gasteiger partial charge in [-0.3, -0.25) is 9.89 Å². The van der Waals surface area contributed by atoms with E-state index in [2.05, 4.69) is 15.6 Å². The minimum Gasteiger partial charge on any atom is -0.359 e. The first-order chi connectivity index (χ1) is 8.94. The van der Waals surface area contributed by atoms with Crippen molar-refractivity contribution in [2.24, 2.45) is 10.9 Å². The van der Waals surface area contributed by atoms with Crippen molar-refractivity contribution in [3.05, 3.63) is 0 Å². The highest BCUT2D eigenvalue weighted by molar-refractivity contribution is 14.0. The van der Waals surface area contributed by atoms with E-state index >= 15 is 0 Å². The van der Waals surface area contributed by atoms with Crippen LogP contribution >= 0.6 is 24.0 Å². The van der Waals surface area contributed by atoms with Crippen molar-refractivity contribution in [3.63, 3.8) is 0 Å². The number of halogens is 4. The highest BCUT2D eigenvalue weighted by atomic mass is 127. The first-order valence-corrected chi connectivity index (χ1v) is 6.62. The van der Waals surface area contributed by atoms with Crippen LogP contribution in [0.25, 0.3) is 0 Å². The fourth-order valence-electron chi connectivity index (χ4n) is 2.36. The molecule has 120 valence electrons. The highest BCUT2D eigenvalue weighted by Crippen LogP contribution is 2.23. The third-order valence-electron chi connectivity index (χ3n) is 3.42. The third-order valence-corrected chi connectivity index (χ3v) is 3.42. The smallest absolute Gasteiger partial charge is 0.359 e. The average Bonchev–Trinajstić information content (AvgIpc) is 2.35. The van der Waals surface area contributed by atoms with Crippen molar-refractivity contribution in [2.45, 2.75) is 25.4 Å². The summed E-state index contributed by atoms with van der Waals surface area (Å²) >= 11 is 0. The molecule has 4 nitrogen and oxygen atoms in total. The van der Waals surface area contributed by atoms with E-state index in [0.29, 0.717) is 19.0 Å². The second kappa shape index (κ2) is 9.64. The van der Waals surface area contributed by atoms with Gasteiger partial charge in [-0.15, -0.1) is 24.0 Å². The minimum absolute atomic E-state index is 0. The predicted octanol–water partition coefficient (Wildman–Crippen LogP) is 2.06. The molecule has 0 spiro atoms. The Balaban J connectivity index is 0.00000361. The molecule has 2 N–H and O–H groups in total. The summed E-state index contributed by atoms with van der Waals surface area (Å²) in [7, 11) is 3.50. The van der Waals surface area contributed by atoms with Crippen LogP contribution < -0.4 is 10.6 Å². The number of hydrogen-bond acceptors (Lipinski definition) is 2. The van der Waals surface area contributed by atoms with Gasteiger partial charge in [-0.05, 0) is 38.3 Å². The molecule has 1 aliphatic rings. The van der Waals surface area contributed by atoms with Crippen LogP contribution in [0.1, 0.15) is 19.3 Å². The van der Waals surface area contributed by atoms with Gasteiger partial charge in [-0.25, -0.2) is 0 Å². The summed E-state index contributed by atoms with van der Waals surface area (Å²) in [6, 6.07) is 0. The van der Waals surface area contributed by atoms with Crippen LogP contribution in [0.15, 0.2) is 4.99 Å². The molecule has 0 bridgehead atoms. The van der Waals surface area contributed by atoms with Crippen molar-refractivity contribution in [1.82, 2.24) is 15.5 Å². The Morgan fingerprint density at radius 2 is 1.90 bits per heavy atom. The van der Waals surface area contributed by atoms with E-state index in [1.807, 2.05) is 0 Å². The number of nitrogens with one attached hydrogen (secondary N) is 2. The Hall–Kier alpha value is -0.250. The zero-order chi connectivity index (χ0) is 14.3. The lowest BCUT2D eigenvalue weighted by Crippen LogP contribution is -2.41. The SMILES string of the molecule is CN=C(NC)NCCC1CCN(CC(F)(F)F)CC1.I. The second-order valence-corrected chi connectivity index (χ2v) is 4.87. The quantitative estimate of drug-likeness (QED) is 0.425. The molecule has 0 radical (unpaired) electrons. The molecule has 1 heterocycles. The third kappa shape index (κ3) is 8.13. The normalized spacial score (nSPS) is 18.6. The summed E-state index contributed by atoms with van der Waals surface area (Å²) in [6.45, 7) is 1.12. The summed E-state index contributed by atoms with van der Waals surface area (Å²) in [5.74, 6) is 1.25. The van der Waals surface area contributed by atoms with Crippen molar-refractivity contribution < 1.29 is 13.2 Å². The van der Waals surface area contributed by atoms with E-state index in [-0.39, 0.29) is 24.0 Å². The number of nitrogens with zero attached hydrogens (tertiary/aromatic N) is 2. The van der Waals surface area contributed by atoms with Crippen molar-refractivity contribution in [1.29, 1.82) is 0 Å². The van der Waals surface area contributed by atoms with Crippen LogP contribution in [0.3, 0.4) is 0 Å².